The van der Waals surface area contributed by atoms with E-state index in [4.69, 9.17) is 15.2 Å². The minimum atomic E-state index is -3.48. The van der Waals surface area contributed by atoms with Crippen LogP contribution in [0.1, 0.15) is 37.7 Å². The van der Waals surface area contributed by atoms with Crippen molar-refractivity contribution in [1.29, 1.82) is 0 Å². The number of hydrogen-bond acceptors (Lipinski definition) is 5. The number of hydrogen-bond donors (Lipinski definition) is 1. The highest BCUT2D eigenvalue weighted by Crippen LogP contribution is 2.45. The lowest BCUT2D eigenvalue weighted by atomic mass is 9.77. The number of ether oxygens (including phenoxy) is 2. The van der Waals surface area contributed by atoms with Crippen molar-refractivity contribution in [2.24, 2.45) is 5.73 Å². The third kappa shape index (κ3) is 3.01. The molecule has 21 heavy (non-hydrogen) atoms. The van der Waals surface area contributed by atoms with Gasteiger partial charge in [0.2, 0.25) is 0 Å². The van der Waals surface area contributed by atoms with Gasteiger partial charge in [0.15, 0.2) is 9.84 Å². The summed E-state index contributed by atoms with van der Waals surface area (Å²) in [7, 11) is -0.487. The Labute approximate surface area is 126 Å². The van der Waals surface area contributed by atoms with Crippen LogP contribution in [0.3, 0.4) is 0 Å². The first-order chi connectivity index (χ1) is 9.83. The third-order valence-electron chi connectivity index (χ3n) is 4.14. The third-order valence-corrected chi connectivity index (χ3v) is 5.28. The molecule has 5 nitrogen and oxygen atoms in total. The number of rotatable bonds is 4. The lowest BCUT2D eigenvalue weighted by molar-refractivity contribution is 0.280. The van der Waals surface area contributed by atoms with Crippen LogP contribution in [0.2, 0.25) is 0 Å². The highest BCUT2D eigenvalue weighted by Gasteiger charge is 2.38. The van der Waals surface area contributed by atoms with Gasteiger partial charge in [0, 0.05) is 17.4 Å². The summed E-state index contributed by atoms with van der Waals surface area (Å²) in [6.45, 7) is 0. The van der Waals surface area contributed by atoms with Gasteiger partial charge >= 0.3 is 0 Å². The van der Waals surface area contributed by atoms with Crippen molar-refractivity contribution < 1.29 is 17.9 Å². The van der Waals surface area contributed by atoms with E-state index in [-0.39, 0.29) is 4.90 Å². The fourth-order valence-electron chi connectivity index (χ4n) is 3.15. The Morgan fingerprint density at radius 3 is 2.05 bits per heavy atom. The second kappa shape index (κ2) is 5.85. The van der Waals surface area contributed by atoms with E-state index in [1.54, 1.807) is 12.1 Å². The van der Waals surface area contributed by atoms with Crippen molar-refractivity contribution in [3.8, 4) is 11.5 Å². The molecule has 1 saturated carbocycles. The molecule has 2 rings (SSSR count). The van der Waals surface area contributed by atoms with Gasteiger partial charge < -0.3 is 15.2 Å². The van der Waals surface area contributed by atoms with Gasteiger partial charge in [-0.2, -0.15) is 0 Å². The van der Waals surface area contributed by atoms with Crippen molar-refractivity contribution in [3.63, 3.8) is 0 Å². The fraction of sp³-hybridized carbons (Fsp3) is 0.600. The van der Waals surface area contributed by atoms with Crippen LogP contribution in [0, 0.1) is 0 Å². The molecule has 0 bridgehead atoms. The van der Waals surface area contributed by atoms with Gasteiger partial charge in [-0.1, -0.05) is 19.3 Å². The Morgan fingerprint density at radius 2 is 1.57 bits per heavy atom. The first-order valence-electron chi connectivity index (χ1n) is 7.08. The summed E-state index contributed by atoms with van der Waals surface area (Å²) in [6.07, 6.45) is 5.78. The van der Waals surface area contributed by atoms with E-state index in [1.807, 2.05) is 0 Å². The van der Waals surface area contributed by atoms with Gasteiger partial charge in [-0.05, 0) is 25.0 Å². The predicted molar refractivity (Wildman–Crippen MR) is 81.6 cm³/mol. The molecule has 1 fully saturated rings. The molecule has 0 atom stereocenters. The molecule has 0 aromatic heterocycles. The van der Waals surface area contributed by atoms with Crippen LogP contribution in [-0.2, 0) is 15.4 Å². The molecule has 2 N–H and O–H groups in total. The van der Waals surface area contributed by atoms with Gasteiger partial charge in [-0.25, -0.2) is 8.42 Å². The van der Waals surface area contributed by atoms with Crippen LogP contribution in [0.15, 0.2) is 17.0 Å². The van der Waals surface area contributed by atoms with Crippen LogP contribution in [0.25, 0.3) is 0 Å². The van der Waals surface area contributed by atoms with E-state index in [2.05, 4.69) is 0 Å². The van der Waals surface area contributed by atoms with Gasteiger partial charge in [0.1, 0.15) is 16.4 Å². The summed E-state index contributed by atoms with van der Waals surface area (Å²) in [5.41, 5.74) is 6.46. The second-order valence-corrected chi connectivity index (χ2v) is 7.62. The van der Waals surface area contributed by atoms with Crippen molar-refractivity contribution >= 4 is 9.84 Å². The summed E-state index contributed by atoms with van der Waals surface area (Å²) >= 11 is 0. The highest BCUT2D eigenvalue weighted by atomic mass is 32.2. The van der Waals surface area contributed by atoms with E-state index in [1.165, 1.54) is 20.5 Å². The molecule has 118 valence electrons. The molecule has 1 aliphatic rings. The first kappa shape index (κ1) is 16.1. The molecular formula is C15H23NO4S. The van der Waals surface area contributed by atoms with Crippen LogP contribution < -0.4 is 15.2 Å². The van der Waals surface area contributed by atoms with Gasteiger partial charge in [-0.15, -0.1) is 0 Å². The molecular weight excluding hydrogens is 290 g/mol. The second-order valence-electron chi connectivity index (χ2n) is 5.66. The highest BCUT2D eigenvalue weighted by molar-refractivity contribution is 7.90. The minimum absolute atomic E-state index is 0.161. The van der Waals surface area contributed by atoms with Gasteiger partial charge in [0.25, 0.3) is 0 Å². The quantitative estimate of drug-likeness (QED) is 0.922. The smallest absolute Gasteiger partial charge is 0.179 e. The Bertz CT molecular complexity index is 619. The summed E-state index contributed by atoms with van der Waals surface area (Å²) in [4.78, 5) is 0.161. The van der Waals surface area contributed by atoms with Crippen molar-refractivity contribution in [1.82, 2.24) is 0 Å². The molecule has 1 aromatic rings. The largest absolute Gasteiger partial charge is 0.496 e. The molecule has 0 amide bonds. The Balaban J connectivity index is 2.77. The summed E-state index contributed by atoms with van der Waals surface area (Å²) in [5, 5.41) is 0. The van der Waals surface area contributed by atoms with Gasteiger partial charge in [0.05, 0.1) is 14.2 Å². The van der Waals surface area contributed by atoms with E-state index < -0.39 is 15.4 Å². The van der Waals surface area contributed by atoms with Crippen LogP contribution >= 0.6 is 0 Å². The lowest BCUT2D eigenvalue weighted by Gasteiger charge is -2.36. The number of benzene rings is 1. The molecule has 0 spiro atoms. The van der Waals surface area contributed by atoms with Crippen LogP contribution in [0.5, 0.6) is 11.5 Å². The molecule has 1 aromatic carbocycles. The van der Waals surface area contributed by atoms with E-state index in [0.717, 1.165) is 32.1 Å². The maximum Gasteiger partial charge on any atom is 0.179 e. The Morgan fingerprint density at radius 1 is 1.05 bits per heavy atom. The van der Waals surface area contributed by atoms with E-state index in [0.29, 0.717) is 17.1 Å². The van der Waals surface area contributed by atoms with Crippen molar-refractivity contribution in [3.05, 3.63) is 17.7 Å². The molecule has 0 heterocycles. The molecule has 1 aliphatic carbocycles. The van der Waals surface area contributed by atoms with E-state index in [9.17, 15) is 8.42 Å². The van der Waals surface area contributed by atoms with Crippen LogP contribution in [0.4, 0.5) is 0 Å². The average molecular weight is 313 g/mol. The minimum Gasteiger partial charge on any atom is -0.496 e. The zero-order valence-corrected chi connectivity index (χ0v) is 13.6. The average Bonchev–Trinajstić information content (AvgIpc) is 2.45. The lowest BCUT2D eigenvalue weighted by Crippen LogP contribution is -2.40. The Hall–Kier alpha value is -1.27. The summed E-state index contributed by atoms with van der Waals surface area (Å²) in [5.74, 6) is 0.837. The number of sulfone groups is 1. The zero-order chi connectivity index (χ0) is 15.7. The van der Waals surface area contributed by atoms with Crippen LogP contribution in [-0.4, -0.2) is 28.9 Å². The first-order valence-corrected chi connectivity index (χ1v) is 8.97. The molecule has 6 heteroatoms. The van der Waals surface area contributed by atoms with Crippen molar-refractivity contribution in [2.45, 2.75) is 42.5 Å². The molecule has 0 saturated heterocycles. The predicted octanol–water partition coefficient (Wildman–Crippen LogP) is 2.23. The van der Waals surface area contributed by atoms with Gasteiger partial charge in [-0.3, -0.25) is 0 Å². The zero-order valence-electron chi connectivity index (χ0n) is 12.8. The number of nitrogens with two attached hydrogens (primary N) is 1. The Kier molecular flexibility index (Phi) is 4.49. The van der Waals surface area contributed by atoms with Crippen molar-refractivity contribution in [2.75, 3.05) is 20.5 Å². The van der Waals surface area contributed by atoms with E-state index >= 15 is 0 Å². The maximum atomic E-state index is 12.3. The normalized spacial score (nSPS) is 18.3. The topological polar surface area (TPSA) is 78.6 Å². The fourth-order valence-corrected chi connectivity index (χ4v) is 4.34. The standard InChI is InChI=1S/C15H23NO4S/c1-19-11-7-8-12(20-2)14(21(3,17)18)13(11)15(16)9-5-4-6-10-15/h7-8H,4-6,9-10,16H2,1-3H3. The summed E-state index contributed by atoms with van der Waals surface area (Å²) < 4.78 is 35.2. The maximum absolute atomic E-state index is 12.3. The SMILES string of the molecule is COc1ccc(OC)c(S(C)(=O)=O)c1C1(N)CCCCC1. The molecule has 0 unspecified atom stereocenters. The molecule has 0 aliphatic heterocycles. The molecule has 0 radical (unpaired) electrons. The summed E-state index contributed by atoms with van der Waals surface area (Å²) in [6, 6.07) is 3.34. The monoisotopic (exact) mass is 313 g/mol. The number of methoxy groups -OCH3 is 2.